The fraction of sp³-hybridized carbons (Fsp3) is 0.222. The number of carbonyl (C=O) groups excluding carboxylic acids is 2. The van der Waals surface area contributed by atoms with Crippen molar-refractivity contribution in [2.45, 2.75) is 12.6 Å². The Morgan fingerprint density at radius 3 is 2.31 bits per heavy atom. The second-order valence-corrected chi connectivity index (χ2v) is 6.77. The second-order valence-electron chi connectivity index (χ2n) is 5.77. The highest BCUT2D eigenvalue weighted by Gasteiger charge is 2.34. The molecule has 3 rings (SSSR count). The highest BCUT2D eigenvalue weighted by Crippen LogP contribution is 2.22. The number of hydrogen-bond donors (Lipinski definition) is 2. The van der Waals surface area contributed by atoms with Gasteiger partial charge in [-0.3, -0.25) is 4.79 Å². The minimum atomic E-state index is -0.596. The number of halogens is 2. The molecule has 1 fully saturated rings. The number of nitrogens with one attached hydrogen (secondary N) is 2. The summed E-state index contributed by atoms with van der Waals surface area (Å²) in [7, 11) is 0. The van der Waals surface area contributed by atoms with Crippen molar-refractivity contribution >= 4 is 29.4 Å². The number of amides is 3. The molecule has 1 saturated heterocycles. The Kier molecular flexibility index (Phi) is 5.72. The van der Waals surface area contributed by atoms with E-state index in [1.807, 2.05) is 0 Å². The number of carbonyl (C=O) groups is 2. The zero-order chi connectivity index (χ0) is 18.5. The Morgan fingerprint density at radius 1 is 1.04 bits per heavy atom. The van der Waals surface area contributed by atoms with E-state index in [0.717, 1.165) is 5.56 Å². The molecule has 0 aliphatic carbocycles. The zero-order valence-electron chi connectivity index (χ0n) is 13.7. The van der Waals surface area contributed by atoms with Gasteiger partial charge in [-0.25, -0.2) is 13.6 Å². The second kappa shape index (κ2) is 8.18. The Morgan fingerprint density at radius 2 is 1.65 bits per heavy atom. The first kappa shape index (κ1) is 18.2. The van der Waals surface area contributed by atoms with Crippen molar-refractivity contribution < 1.29 is 18.4 Å². The normalized spacial score (nSPS) is 16.4. The molecule has 1 unspecified atom stereocenters. The van der Waals surface area contributed by atoms with Gasteiger partial charge in [-0.05, 0) is 42.0 Å². The molecule has 0 aromatic heterocycles. The lowest BCUT2D eigenvalue weighted by Crippen LogP contribution is -2.48. The molecule has 136 valence electrons. The number of nitrogens with zero attached hydrogens (tertiary/aromatic N) is 1. The number of benzene rings is 2. The van der Waals surface area contributed by atoms with E-state index in [1.165, 1.54) is 53.1 Å². The van der Waals surface area contributed by atoms with Crippen molar-refractivity contribution in [3.05, 3.63) is 65.7 Å². The molecule has 3 amide bonds. The van der Waals surface area contributed by atoms with E-state index in [9.17, 15) is 18.4 Å². The van der Waals surface area contributed by atoms with E-state index in [2.05, 4.69) is 10.6 Å². The lowest BCUT2D eigenvalue weighted by molar-refractivity contribution is -0.124. The van der Waals surface area contributed by atoms with Crippen molar-refractivity contribution in [2.24, 2.45) is 0 Å². The van der Waals surface area contributed by atoms with Gasteiger partial charge in [0.05, 0.1) is 5.88 Å². The van der Waals surface area contributed by atoms with Crippen LogP contribution < -0.4 is 10.6 Å². The summed E-state index contributed by atoms with van der Waals surface area (Å²) in [5.74, 6) is -0.115. The number of thioether (sulfide) groups is 1. The van der Waals surface area contributed by atoms with Gasteiger partial charge in [-0.15, -0.1) is 11.8 Å². The third-order valence-corrected chi connectivity index (χ3v) is 4.93. The molecule has 2 aromatic carbocycles. The van der Waals surface area contributed by atoms with E-state index in [-0.39, 0.29) is 18.3 Å². The Hall–Kier alpha value is -2.61. The molecular weight excluding hydrogens is 360 g/mol. The molecule has 0 radical (unpaired) electrons. The first-order valence-corrected chi connectivity index (χ1v) is 9.11. The molecule has 1 aliphatic rings. The molecular formula is C18H17F2N3O2S. The quantitative estimate of drug-likeness (QED) is 0.860. The maximum Gasteiger partial charge on any atom is 0.323 e. The Labute approximate surface area is 153 Å². The van der Waals surface area contributed by atoms with Gasteiger partial charge in [0.1, 0.15) is 17.7 Å². The van der Waals surface area contributed by atoms with Gasteiger partial charge >= 0.3 is 6.03 Å². The van der Waals surface area contributed by atoms with Gasteiger partial charge < -0.3 is 15.5 Å². The topological polar surface area (TPSA) is 61.4 Å². The molecule has 1 atom stereocenters. The lowest BCUT2D eigenvalue weighted by Gasteiger charge is -2.23. The highest BCUT2D eigenvalue weighted by atomic mass is 32.2. The predicted molar refractivity (Wildman–Crippen MR) is 96.6 cm³/mol. The number of anilines is 1. The van der Waals surface area contributed by atoms with Gasteiger partial charge in [0, 0.05) is 18.0 Å². The summed E-state index contributed by atoms with van der Waals surface area (Å²) in [4.78, 5) is 26.3. The number of hydrogen-bond acceptors (Lipinski definition) is 3. The minimum absolute atomic E-state index is 0.258. The first-order valence-electron chi connectivity index (χ1n) is 7.96. The summed E-state index contributed by atoms with van der Waals surface area (Å²) < 4.78 is 25.8. The van der Waals surface area contributed by atoms with Crippen molar-refractivity contribution in [1.82, 2.24) is 10.2 Å². The monoisotopic (exact) mass is 377 g/mol. The summed E-state index contributed by atoms with van der Waals surface area (Å²) in [6, 6.07) is 10.3. The highest BCUT2D eigenvalue weighted by molar-refractivity contribution is 7.99. The SMILES string of the molecule is O=C(NCc1ccc(F)cc1)C1CSCN1C(=O)Nc1ccc(F)cc1. The molecule has 1 heterocycles. The fourth-order valence-electron chi connectivity index (χ4n) is 2.50. The van der Waals surface area contributed by atoms with Gasteiger partial charge in [-0.1, -0.05) is 12.1 Å². The van der Waals surface area contributed by atoms with Crippen LogP contribution in [0.5, 0.6) is 0 Å². The van der Waals surface area contributed by atoms with Crippen LogP contribution in [0.3, 0.4) is 0 Å². The van der Waals surface area contributed by atoms with Crippen LogP contribution in [-0.2, 0) is 11.3 Å². The number of urea groups is 1. The van der Waals surface area contributed by atoms with E-state index in [0.29, 0.717) is 17.3 Å². The van der Waals surface area contributed by atoms with E-state index in [4.69, 9.17) is 0 Å². The zero-order valence-corrected chi connectivity index (χ0v) is 14.6. The molecule has 0 saturated carbocycles. The van der Waals surface area contributed by atoms with Crippen LogP contribution in [-0.4, -0.2) is 34.5 Å². The minimum Gasteiger partial charge on any atom is -0.350 e. The third kappa shape index (κ3) is 4.51. The van der Waals surface area contributed by atoms with Crippen LogP contribution in [0.25, 0.3) is 0 Å². The summed E-state index contributed by atoms with van der Waals surface area (Å²) in [5.41, 5.74) is 1.23. The molecule has 0 spiro atoms. The van der Waals surface area contributed by atoms with Crippen LogP contribution in [0.2, 0.25) is 0 Å². The first-order chi connectivity index (χ1) is 12.5. The van der Waals surface area contributed by atoms with Crippen molar-refractivity contribution in [3.8, 4) is 0 Å². The third-order valence-electron chi connectivity index (χ3n) is 3.92. The summed E-state index contributed by atoms with van der Waals surface area (Å²) in [6.45, 7) is 0.258. The smallest absolute Gasteiger partial charge is 0.323 e. The molecule has 8 heteroatoms. The van der Waals surface area contributed by atoms with Crippen LogP contribution in [0.15, 0.2) is 48.5 Å². The summed E-state index contributed by atoms with van der Waals surface area (Å²) in [5, 5.41) is 5.43. The van der Waals surface area contributed by atoms with Crippen molar-refractivity contribution in [2.75, 3.05) is 16.9 Å². The van der Waals surface area contributed by atoms with Gasteiger partial charge in [0.15, 0.2) is 0 Å². The Balaban J connectivity index is 1.57. The molecule has 0 bridgehead atoms. The molecule has 5 nitrogen and oxygen atoms in total. The average Bonchev–Trinajstić information content (AvgIpc) is 3.13. The van der Waals surface area contributed by atoms with Crippen LogP contribution >= 0.6 is 11.8 Å². The van der Waals surface area contributed by atoms with E-state index >= 15 is 0 Å². The average molecular weight is 377 g/mol. The fourth-order valence-corrected chi connectivity index (χ4v) is 3.65. The molecule has 26 heavy (non-hydrogen) atoms. The molecule has 2 aromatic rings. The summed E-state index contributed by atoms with van der Waals surface area (Å²) in [6.07, 6.45) is 0. The van der Waals surface area contributed by atoms with Gasteiger partial charge in [0.25, 0.3) is 0 Å². The van der Waals surface area contributed by atoms with E-state index < -0.39 is 17.9 Å². The maximum atomic E-state index is 12.9. The van der Waals surface area contributed by atoms with Crippen molar-refractivity contribution in [1.29, 1.82) is 0 Å². The van der Waals surface area contributed by atoms with Crippen LogP contribution in [0.4, 0.5) is 19.3 Å². The van der Waals surface area contributed by atoms with Gasteiger partial charge in [-0.2, -0.15) is 0 Å². The van der Waals surface area contributed by atoms with Crippen LogP contribution in [0.1, 0.15) is 5.56 Å². The number of rotatable bonds is 4. The molecule has 1 aliphatic heterocycles. The Bertz CT molecular complexity index is 784. The predicted octanol–water partition coefficient (Wildman–Crippen LogP) is 3.19. The molecule has 2 N–H and O–H groups in total. The lowest BCUT2D eigenvalue weighted by atomic mass is 10.2. The standard InChI is InChI=1S/C18H17F2N3O2S/c19-13-3-1-12(2-4-13)9-21-17(24)16-10-26-11-23(16)18(25)22-15-7-5-14(20)6-8-15/h1-8,16H,9-11H2,(H,21,24)(H,22,25). The van der Waals surface area contributed by atoms with Gasteiger partial charge in [0.2, 0.25) is 5.91 Å². The van der Waals surface area contributed by atoms with E-state index in [1.54, 1.807) is 12.1 Å². The largest absolute Gasteiger partial charge is 0.350 e. The van der Waals surface area contributed by atoms with Crippen LogP contribution in [0, 0.1) is 11.6 Å². The van der Waals surface area contributed by atoms with Crippen molar-refractivity contribution in [3.63, 3.8) is 0 Å². The maximum absolute atomic E-state index is 12.9. The summed E-state index contributed by atoms with van der Waals surface area (Å²) >= 11 is 1.48.